The molecule has 0 unspecified atom stereocenters. The fraction of sp³-hybridized carbons (Fsp3) is 0.474. The summed E-state index contributed by atoms with van der Waals surface area (Å²) in [5.41, 5.74) is 3.16. The molecule has 0 bridgehead atoms. The average Bonchev–Trinajstić information content (AvgIpc) is 3.05. The minimum Gasteiger partial charge on any atom is -0.488 e. The Hall–Kier alpha value is -2.30. The van der Waals surface area contributed by atoms with Crippen molar-refractivity contribution in [3.05, 3.63) is 35.0 Å². The molecule has 1 saturated carbocycles. The molecule has 0 saturated heterocycles. The Kier molecular flexibility index (Phi) is 3.79. The van der Waals surface area contributed by atoms with Gasteiger partial charge in [-0.3, -0.25) is 4.79 Å². The van der Waals surface area contributed by atoms with Crippen molar-refractivity contribution >= 4 is 5.91 Å². The summed E-state index contributed by atoms with van der Waals surface area (Å²) in [4.78, 5) is 14.7. The molecule has 1 aliphatic heterocycles. The first-order valence-corrected chi connectivity index (χ1v) is 8.64. The Morgan fingerprint density at radius 2 is 2.04 bits per heavy atom. The van der Waals surface area contributed by atoms with Gasteiger partial charge in [-0.25, -0.2) is 0 Å². The molecule has 1 aromatic carbocycles. The molecule has 0 radical (unpaired) electrons. The van der Waals surface area contributed by atoms with Crippen molar-refractivity contribution in [1.29, 1.82) is 0 Å². The second kappa shape index (κ2) is 5.96. The number of benzene rings is 1. The van der Waals surface area contributed by atoms with E-state index in [1.807, 2.05) is 37.1 Å². The summed E-state index contributed by atoms with van der Waals surface area (Å²) in [6.07, 6.45) is 5.79. The fourth-order valence-electron chi connectivity index (χ4n) is 3.72. The predicted octanol–water partition coefficient (Wildman–Crippen LogP) is 3.95. The minimum atomic E-state index is -0.0633. The second-order valence-electron chi connectivity index (χ2n) is 6.84. The first-order chi connectivity index (χ1) is 11.6. The van der Waals surface area contributed by atoms with E-state index in [0.717, 1.165) is 35.3 Å². The quantitative estimate of drug-likeness (QED) is 0.838. The highest BCUT2D eigenvalue weighted by molar-refractivity contribution is 5.95. The lowest BCUT2D eigenvalue weighted by Crippen LogP contribution is -2.38. The van der Waals surface area contributed by atoms with Crippen LogP contribution in [0.15, 0.2) is 22.7 Å². The van der Waals surface area contributed by atoms with Gasteiger partial charge >= 0.3 is 0 Å². The van der Waals surface area contributed by atoms with Crippen molar-refractivity contribution in [2.45, 2.75) is 51.7 Å². The summed E-state index contributed by atoms with van der Waals surface area (Å²) in [5, 5.41) is 4.10. The maximum atomic E-state index is 12.9. The number of ether oxygens (including phenoxy) is 1. The Bertz CT molecular complexity index is 775. The van der Waals surface area contributed by atoms with Crippen LogP contribution in [0.3, 0.4) is 0 Å². The number of fused-ring (bicyclic) bond motifs is 3. The lowest BCUT2D eigenvalue weighted by molar-refractivity contribution is 0.0683. The van der Waals surface area contributed by atoms with E-state index in [4.69, 9.17) is 9.26 Å². The fourth-order valence-corrected chi connectivity index (χ4v) is 3.72. The first-order valence-electron chi connectivity index (χ1n) is 8.64. The Labute approximate surface area is 141 Å². The van der Waals surface area contributed by atoms with Gasteiger partial charge in [0.2, 0.25) is 0 Å². The lowest BCUT2D eigenvalue weighted by atomic mass is 9.94. The predicted molar refractivity (Wildman–Crippen MR) is 90.0 cm³/mol. The van der Waals surface area contributed by atoms with Gasteiger partial charge in [0.1, 0.15) is 12.4 Å². The van der Waals surface area contributed by atoms with Crippen LogP contribution in [-0.2, 0) is 6.61 Å². The van der Waals surface area contributed by atoms with Crippen LogP contribution < -0.4 is 4.74 Å². The zero-order valence-corrected chi connectivity index (χ0v) is 14.2. The topological polar surface area (TPSA) is 55.6 Å². The molecular weight excluding hydrogens is 304 g/mol. The van der Waals surface area contributed by atoms with E-state index in [2.05, 4.69) is 5.16 Å². The van der Waals surface area contributed by atoms with Crippen molar-refractivity contribution < 1.29 is 14.1 Å². The number of rotatable bonds is 2. The molecule has 5 nitrogen and oxygen atoms in total. The van der Waals surface area contributed by atoms with Gasteiger partial charge < -0.3 is 14.2 Å². The molecule has 0 spiro atoms. The highest BCUT2D eigenvalue weighted by Crippen LogP contribution is 2.39. The molecule has 5 heteroatoms. The molecule has 126 valence electrons. The van der Waals surface area contributed by atoms with Gasteiger partial charge in [0, 0.05) is 13.1 Å². The summed E-state index contributed by atoms with van der Waals surface area (Å²) >= 11 is 0. The molecule has 0 N–H and O–H groups in total. The molecule has 1 aliphatic carbocycles. The lowest BCUT2D eigenvalue weighted by Gasteiger charge is -2.30. The van der Waals surface area contributed by atoms with Crippen LogP contribution >= 0.6 is 0 Å². The second-order valence-corrected chi connectivity index (χ2v) is 6.84. The van der Waals surface area contributed by atoms with E-state index in [1.165, 1.54) is 19.3 Å². The van der Waals surface area contributed by atoms with Crippen molar-refractivity contribution in [1.82, 2.24) is 10.1 Å². The van der Waals surface area contributed by atoms with E-state index in [-0.39, 0.29) is 5.91 Å². The van der Waals surface area contributed by atoms with Gasteiger partial charge in [-0.2, -0.15) is 0 Å². The Balaban J connectivity index is 1.65. The maximum Gasteiger partial charge on any atom is 0.276 e. The smallest absolute Gasteiger partial charge is 0.276 e. The molecule has 1 aromatic heterocycles. The van der Waals surface area contributed by atoms with Gasteiger partial charge in [-0.05, 0) is 31.9 Å². The van der Waals surface area contributed by atoms with Crippen molar-refractivity contribution in [3.63, 3.8) is 0 Å². The zero-order chi connectivity index (χ0) is 16.7. The maximum absolute atomic E-state index is 12.9. The minimum absolute atomic E-state index is 0.0633. The molecule has 0 atom stereocenters. The molecule has 2 heterocycles. The summed E-state index contributed by atoms with van der Waals surface area (Å²) < 4.78 is 11.4. The molecule has 4 rings (SSSR count). The van der Waals surface area contributed by atoms with Crippen LogP contribution in [0.2, 0.25) is 0 Å². The van der Waals surface area contributed by atoms with Crippen LogP contribution in [0.1, 0.15) is 53.7 Å². The van der Waals surface area contributed by atoms with E-state index >= 15 is 0 Å². The highest BCUT2D eigenvalue weighted by Gasteiger charge is 2.32. The number of carbonyl (C=O) groups is 1. The van der Waals surface area contributed by atoms with Crippen molar-refractivity contribution in [3.8, 4) is 17.1 Å². The summed E-state index contributed by atoms with van der Waals surface area (Å²) in [6, 6.07) is 6.25. The van der Waals surface area contributed by atoms with Crippen LogP contribution in [-0.4, -0.2) is 29.1 Å². The van der Waals surface area contributed by atoms with E-state index < -0.39 is 0 Å². The van der Waals surface area contributed by atoms with Crippen molar-refractivity contribution in [2.24, 2.45) is 0 Å². The monoisotopic (exact) mass is 326 g/mol. The molecule has 2 aliphatic rings. The van der Waals surface area contributed by atoms with Crippen LogP contribution in [0, 0.1) is 6.92 Å². The summed E-state index contributed by atoms with van der Waals surface area (Å²) in [6.45, 7) is 2.35. The van der Waals surface area contributed by atoms with Crippen LogP contribution in [0.25, 0.3) is 11.3 Å². The third-order valence-corrected chi connectivity index (χ3v) is 5.19. The van der Waals surface area contributed by atoms with Crippen LogP contribution in [0.5, 0.6) is 5.75 Å². The number of carbonyl (C=O) groups excluding carboxylic acids is 1. The number of aromatic nitrogens is 1. The van der Waals surface area contributed by atoms with E-state index in [9.17, 15) is 4.79 Å². The van der Waals surface area contributed by atoms with Gasteiger partial charge in [0.05, 0.1) is 11.1 Å². The number of hydrogen-bond donors (Lipinski definition) is 0. The average molecular weight is 326 g/mol. The third-order valence-electron chi connectivity index (χ3n) is 5.19. The van der Waals surface area contributed by atoms with Gasteiger partial charge in [-0.1, -0.05) is 36.0 Å². The highest BCUT2D eigenvalue weighted by atomic mass is 16.5. The van der Waals surface area contributed by atoms with Crippen molar-refractivity contribution in [2.75, 3.05) is 7.05 Å². The standard InChI is InChI=1S/C19H22N2O3/c1-12-8-9-16-14(10-12)18-15(11-23-16)17(20-24-18)19(22)21(2)13-6-4-3-5-7-13/h8-10,13H,3-7,11H2,1-2H3. The molecule has 1 amide bonds. The first kappa shape index (κ1) is 15.2. The van der Waals surface area contributed by atoms with E-state index in [1.54, 1.807) is 0 Å². The van der Waals surface area contributed by atoms with Gasteiger partial charge in [0.25, 0.3) is 5.91 Å². The largest absolute Gasteiger partial charge is 0.488 e. The summed E-state index contributed by atoms with van der Waals surface area (Å²) in [5.74, 6) is 1.39. The van der Waals surface area contributed by atoms with Gasteiger partial charge in [-0.15, -0.1) is 0 Å². The van der Waals surface area contributed by atoms with Crippen LogP contribution in [0.4, 0.5) is 0 Å². The third kappa shape index (κ3) is 2.48. The summed E-state index contributed by atoms with van der Waals surface area (Å²) in [7, 11) is 1.88. The molecule has 24 heavy (non-hydrogen) atoms. The Morgan fingerprint density at radius 1 is 1.25 bits per heavy atom. The number of nitrogens with zero attached hydrogens (tertiary/aromatic N) is 2. The van der Waals surface area contributed by atoms with E-state index in [0.29, 0.717) is 24.1 Å². The molecule has 2 aromatic rings. The zero-order valence-electron chi connectivity index (χ0n) is 14.2. The number of aryl methyl sites for hydroxylation is 1. The Morgan fingerprint density at radius 3 is 2.83 bits per heavy atom. The SMILES string of the molecule is Cc1ccc2c(c1)-c1onc(C(=O)N(C)C3CCCCC3)c1CO2. The number of hydrogen-bond acceptors (Lipinski definition) is 4. The molecular formula is C19H22N2O3. The van der Waals surface area contributed by atoms with Gasteiger partial charge in [0.15, 0.2) is 11.5 Å². The molecule has 1 fully saturated rings. The normalized spacial score (nSPS) is 16.9. The number of amides is 1.